The smallest absolute Gasteiger partial charge is 0.240 e. The molecule has 0 bridgehead atoms. The Hall–Kier alpha value is -2.81. The maximum atomic E-state index is 13.4. The molecule has 0 atom stereocenters. The van der Waals surface area contributed by atoms with E-state index in [4.69, 9.17) is 20.5 Å². The van der Waals surface area contributed by atoms with Gasteiger partial charge in [-0.15, -0.1) is 0 Å². The van der Waals surface area contributed by atoms with Crippen LogP contribution in [0.1, 0.15) is 12.5 Å². The highest BCUT2D eigenvalue weighted by Gasteiger charge is 2.11. The molecule has 1 heterocycles. The molecule has 0 aliphatic rings. The van der Waals surface area contributed by atoms with E-state index < -0.39 is 5.82 Å². The summed E-state index contributed by atoms with van der Waals surface area (Å²) in [4.78, 5) is 4.06. The molecule has 1 aromatic heterocycles. The van der Waals surface area contributed by atoms with Gasteiger partial charge >= 0.3 is 0 Å². The van der Waals surface area contributed by atoms with E-state index in [-0.39, 0.29) is 23.1 Å². The number of nitrogens with two attached hydrogens (primary N) is 1. The molecule has 5 nitrogen and oxygen atoms in total. The van der Waals surface area contributed by atoms with Crippen LogP contribution in [0.2, 0.25) is 0 Å². The third-order valence-corrected chi connectivity index (χ3v) is 2.45. The molecule has 0 aliphatic carbocycles. The Labute approximate surface area is 115 Å². The lowest BCUT2D eigenvalue weighted by atomic mass is 10.2. The van der Waals surface area contributed by atoms with Gasteiger partial charge in [0.25, 0.3) is 0 Å². The molecule has 0 unspecified atom stereocenters. The van der Waals surface area contributed by atoms with E-state index in [1.165, 1.54) is 24.3 Å². The van der Waals surface area contributed by atoms with Crippen molar-refractivity contribution >= 4 is 5.69 Å². The Kier molecular flexibility index (Phi) is 4.01. The van der Waals surface area contributed by atoms with Gasteiger partial charge < -0.3 is 15.2 Å². The summed E-state index contributed by atoms with van der Waals surface area (Å²) in [6.45, 7) is 2.21. The maximum absolute atomic E-state index is 13.4. The van der Waals surface area contributed by atoms with E-state index in [0.29, 0.717) is 12.3 Å². The maximum Gasteiger partial charge on any atom is 0.240 e. The first kappa shape index (κ1) is 13.6. The fraction of sp³-hybridized carbons (Fsp3) is 0.143. The summed E-state index contributed by atoms with van der Waals surface area (Å²) in [6.07, 6.45) is 0. The van der Waals surface area contributed by atoms with E-state index >= 15 is 0 Å². The van der Waals surface area contributed by atoms with E-state index in [0.717, 1.165) is 0 Å². The average Bonchev–Trinajstić information content (AvgIpc) is 2.43. The summed E-state index contributed by atoms with van der Waals surface area (Å²) in [7, 11) is 0. The van der Waals surface area contributed by atoms with E-state index in [2.05, 4.69) is 4.98 Å². The summed E-state index contributed by atoms with van der Waals surface area (Å²) < 4.78 is 24.1. The zero-order valence-corrected chi connectivity index (χ0v) is 10.8. The first-order chi connectivity index (χ1) is 9.65. The van der Waals surface area contributed by atoms with Crippen LogP contribution >= 0.6 is 0 Å². The van der Waals surface area contributed by atoms with Crippen molar-refractivity contribution in [2.75, 3.05) is 12.3 Å². The normalized spacial score (nSPS) is 9.85. The van der Waals surface area contributed by atoms with Gasteiger partial charge in [0.1, 0.15) is 23.2 Å². The second-order valence-corrected chi connectivity index (χ2v) is 3.80. The highest BCUT2D eigenvalue weighted by atomic mass is 19.1. The fourth-order valence-corrected chi connectivity index (χ4v) is 1.55. The topological polar surface area (TPSA) is 81.2 Å². The third-order valence-electron chi connectivity index (χ3n) is 2.45. The van der Waals surface area contributed by atoms with Gasteiger partial charge in [-0.3, -0.25) is 0 Å². The number of pyridine rings is 1. The molecular weight excluding hydrogens is 261 g/mol. The highest BCUT2D eigenvalue weighted by molar-refractivity contribution is 5.51. The first-order valence-electron chi connectivity index (χ1n) is 5.91. The van der Waals surface area contributed by atoms with Crippen molar-refractivity contribution in [3.63, 3.8) is 0 Å². The van der Waals surface area contributed by atoms with E-state index in [1.807, 2.05) is 0 Å². The van der Waals surface area contributed by atoms with Crippen LogP contribution in [0.15, 0.2) is 30.3 Å². The summed E-state index contributed by atoms with van der Waals surface area (Å²) in [5.41, 5.74) is 5.89. The lowest BCUT2D eigenvalue weighted by molar-refractivity contribution is 0.323. The summed E-state index contributed by atoms with van der Waals surface area (Å²) in [5, 5.41) is 8.93. The minimum atomic E-state index is -0.648. The van der Waals surface area contributed by atoms with Crippen molar-refractivity contribution < 1.29 is 13.9 Å². The van der Waals surface area contributed by atoms with E-state index in [1.54, 1.807) is 19.1 Å². The Morgan fingerprint density at radius 2 is 2.15 bits per heavy atom. The number of hydrogen-bond acceptors (Lipinski definition) is 5. The molecule has 0 amide bonds. The molecule has 0 fully saturated rings. The average molecular weight is 273 g/mol. The molecule has 6 heteroatoms. The van der Waals surface area contributed by atoms with Crippen molar-refractivity contribution in [2.24, 2.45) is 0 Å². The zero-order chi connectivity index (χ0) is 14.5. The fourth-order valence-electron chi connectivity index (χ4n) is 1.55. The molecule has 0 saturated carbocycles. The summed E-state index contributed by atoms with van der Waals surface area (Å²) in [5.74, 6) is -0.151. The molecule has 0 aliphatic heterocycles. The number of aromatic nitrogens is 1. The van der Waals surface area contributed by atoms with Crippen molar-refractivity contribution in [1.82, 2.24) is 4.98 Å². The van der Waals surface area contributed by atoms with Crippen LogP contribution in [-0.4, -0.2) is 11.6 Å². The standard InChI is InChI=1S/C14H12FN3O2/c1-2-19-14-11(17)6-7-13(18-14)20-12-5-3-4-10(15)9(12)8-16/h3-7H,2,17H2,1H3. The Morgan fingerprint density at radius 3 is 2.85 bits per heavy atom. The first-order valence-corrected chi connectivity index (χ1v) is 5.91. The largest absolute Gasteiger partial charge is 0.476 e. The molecule has 0 radical (unpaired) electrons. The molecular formula is C14H12FN3O2. The lowest BCUT2D eigenvalue weighted by Crippen LogP contribution is -2.01. The quantitative estimate of drug-likeness (QED) is 0.926. The van der Waals surface area contributed by atoms with Gasteiger partial charge in [0.15, 0.2) is 0 Å². The van der Waals surface area contributed by atoms with Crippen LogP contribution in [0.5, 0.6) is 17.5 Å². The number of benzene rings is 1. The number of anilines is 1. The van der Waals surface area contributed by atoms with Gasteiger partial charge in [0.2, 0.25) is 11.8 Å². The minimum absolute atomic E-state index is 0.0900. The third kappa shape index (κ3) is 2.78. The van der Waals surface area contributed by atoms with Gasteiger partial charge in [0.05, 0.1) is 12.3 Å². The number of hydrogen-bond donors (Lipinski definition) is 1. The van der Waals surface area contributed by atoms with Crippen LogP contribution in [0.25, 0.3) is 0 Å². The molecule has 102 valence electrons. The number of nitrogens with zero attached hydrogens (tertiary/aromatic N) is 2. The Bertz CT molecular complexity index is 668. The molecule has 2 N–H and O–H groups in total. The summed E-state index contributed by atoms with van der Waals surface area (Å²) >= 11 is 0. The second-order valence-electron chi connectivity index (χ2n) is 3.80. The van der Waals surface area contributed by atoms with Crippen LogP contribution in [0.4, 0.5) is 10.1 Å². The number of ether oxygens (including phenoxy) is 2. The molecule has 1 aromatic carbocycles. The monoisotopic (exact) mass is 273 g/mol. The van der Waals surface area contributed by atoms with Crippen LogP contribution in [-0.2, 0) is 0 Å². The summed E-state index contributed by atoms with van der Waals surface area (Å²) in [6, 6.07) is 8.96. The predicted molar refractivity (Wildman–Crippen MR) is 71.0 cm³/mol. The number of rotatable bonds is 4. The molecule has 2 aromatic rings. The predicted octanol–water partition coefficient (Wildman–Crippen LogP) is 2.87. The zero-order valence-electron chi connectivity index (χ0n) is 10.8. The van der Waals surface area contributed by atoms with Crippen LogP contribution in [0.3, 0.4) is 0 Å². The van der Waals surface area contributed by atoms with Crippen molar-refractivity contribution in [2.45, 2.75) is 6.92 Å². The van der Waals surface area contributed by atoms with Gasteiger partial charge in [-0.05, 0) is 25.1 Å². The van der Waals surface area contributed by atoms with E-state index in [9.17, 15) is 4.39 Å². The van der Waals surface area contributed by atoms with Gasteiger partial charge in [-0.2, -0.15) is 10.2 Å². The SMILES string of the molecule is CCOc1nc(Oc2cccc(F)c2C#N)ccc1N. The Balaban J connectivity index is 2.34. The highest BCUT2D eigenvalue weighted by Crippen LogP contribution is 2.28. The second kappa shape index (κ2) is 5.89. The van der Waals surface area contributed by atoms with Crippen molar-refractivity contribution in [3.8, 4) is 23.6 Å². The Morgan fingerprint density at radius 1 is 1.35 bits per heavy atom. The van der Waals surface area contributed by atoms with Crippen LogP contribution in [0, 0.1) is 17.1 Å². The molecule has 2 rings (SSSR count). The minimum Gasteiger partial charge on any atom is -0.476 e. The van der Waals surface area contributed by atoms with Crippen molar-refractivity contribution in [3.05, 3.63) is 41.7 Å². The molecule has 20 heavy (non-hydrogen) atoms. The van der Waals surface area contributed by atoms with Gasteiger partial charge in [-0.25, -0.2) is 4.39 Å². The lowest BCUT2D eigenvalue weighted by Gasteiger charge is -2.10. The van der Waals surface area contributed by atoms with Crippen LogP contribution < -0.4 is 15.2 Å². The van der Waals surface area contributed by atoms with Gasteiger partial charge in [0, 0.05) is 6.07 Å². The molecule has 0 saturated heterocycles. The van der Waals surface area contributed by atoms with Gasteiger partial charge in [-0.1, -0.05) is 6.07 Å². The molecule has 0 spiro atoms. The number of nitrogen functional groups attached to an aromatic ring is 1. The number of nitriles is 1. The number of halogens is 1. The van der Waals surface area contributed by atoms with Crippen molar-refractivity contribution in [1.29, 1.82) is 5.26 Å².